The van der Waals surface area contributed by atoms with Crippen LogP contribution in [0.25, 0.3) is 0 Å². The Kier molecular flexibility index (Phi) is 7.28. The third kappa shape index (κ3) is 6.26. The predicted octanol–water partition coefficient (Wildman–Crippen LogP) is 2.22. The van der Waals surface area contributed by atoms with Crippen molar-refractivity contribution in [3.05, 3.63) is 46.4 Å². The Balaban J connectivity index is 1.50. The topological polar surface area (TPSA) is 90.3 Å². The summed E-state index contributed by atoms with van der Waals surface area (Å²) in [6.07, 6.45) is 3.29. The van der Waals surface area contributed by atoms with Crippen LogP contribution < -0.4 is 10.2 Å². The summed E-state index contributed by atoms with van der Waals surface area (Å²) in [5.41, 5.74) is 0.783. The molecule has 1 N–H and O–H groups in total. The zero-order valence-electron chi connectivity index (χ0n) is 16.6. The maximum absolute atomic E-state index is 11.9. The second-order valence-electron chi connectivity index (χ2n) is 6.65. The molecule has 0 bridgehead atoms. The highest BCUT2D eigenvalue weighted by molar-refractivity contribution is 7.98. The van der Waals surface area contributed by atoms with Gasteiger partial charge in [-0.25, -0.2) is 0 Å². The first-order valence-corrected chi connectivity index (χ1v) is 12.3. The highest BCUT2D eigenvalue weighted by Crippen LogP contribution is 2.22. The lowest BCUT2D eigenvalue weighted by Crippen LogP contribution is -2.40. The quantitative estimate of drug-likeness (QED) is 0.614. The highest BCUT2D eigenvalue weighted by Gasteiger charge is 2.27. The summed E-state index contributed by atoms with van der Waals surface area (Å²) in [6, 6.07) is 7.92. The van der Waals surface area contributed by atoms with Gasteiger partial charge >= 0.3 is 10.2 Å². The number of anilines is 1. The van der Waals surface area contributed by atoms with Crippen molar-refractivity contribution in [1.82, 2.24) is 15.2 Å². The van der Waals surface area contributed by atoms with Crippen LogP contribution in [0.2, 0.25) is 0 Å². The van der Waals surface area contributed by atoms with Crippen LogP contribution in [-0.2, 0) is 22.5 Å². The summed E-state index contributed by atoms with van der Waals surface area (Å²) in [4.78, 5) is 10.5. The van der Waals surface area contributed by atoms with Crippen molar-refractivity contribution in [3.8, 4) is 0 Å². The van der Waals surface area contributed by atoms with Crippen LogP contribution in [0.1, 0.15) is 9.75 Å². The van der Waals surface area contributed by atoms with E-state index in [0.717, 1.165) is 23.7 Å². The second kappa shape index (κ2) is 9.70. The number of nitrogens with one attached hydrogen (secondary N) is 1. The van der Waals surface area contributed by atoms with Gasteiger partial charge in [-0.2, -0.15) is 20.2 Å². The summed E-state index contributed by atoms with van der Waals surface area (Å²) < 4.78 is 31.3. The normalized spacial score (nSPS) is 15.3. The molecule has 11 heteroatoms. The first-order valence-electron chi connectivity index (χ1n) is 8.97. The standard InChI is InChI=1S/C18H24N6O2S3/c1-23(2)12-15-4-5-16(28-15)13-27-11-10-20-17-18(22-29(25,26)21-17)24(3)14-6-8-19-9-7-14/h4-9H,10-13H2,1-3H3,(H,20,21). The predicted molar refractivity (Wildman–Crippen MR) is 122 cm³/mol. The molecule has 3 rings (SSSR count). The summed E-state index contributed by atoms with van der Waals surface area (Å²) in [5.74, 6) is 2.32. The number of amidine groups is 2. The van der Waals surface area contributed by atoms with Gasteiger partial charge in [0.1, 0.15) is 0 Å². The van der Waals surface area contributed by atoms with Crippen LogP contribution in [0.3, 0.4) is 0 Å². The van der Waals surface area contributed by atoms with Crippen LogP contribution in [0, 0.1) is 0 Å². The molecule has 0 unspecified atom stereocenters. The van der Waals surface area contributed by atoms with Gasteiger partial charge in [-0.15, -0.1) is 20.1 Å². The van der Waals surface area contributed by atoms with Gasteiger partial charge in [-0.1, -0.05) is 0 Å². The molecule has 2 aromatic heterocycles. The van der Waals surface area contributed by atoms with Crippen molar-refractivity contribution in [1.29, 1.82) is 0 Å². The van der Waals surface area contributed by atoms with E-state index in [-0.39, 0.29) is 11.7 Å². The fraction of sp³-hybridized carbons (Fsp3) is 0.389. The van der Waals surface area contributed by atoms with E-state index in [0.29, 0.717) is 6.54 Å². The number of pyridine rings is 1. The van der Waals surface area contributed by atoms with Gasteiger partial charge in [0.2, 0.25) is 0 Å². The van der Waals surface area contributed by atoms with Crippen molar-refractivity contribution in [2.75, 3.05) is 38.3 Å². The van der Waals surface area contributed by atoms with Gasteiger partial charge in [0, 0.05) is 59.5 Å². The molecule has 0 fully saturated rings. The van der Waals surface area contributed by atoms with E-state index in [1.807, 2.05) is 11.3 Å². The zero-order valence-corrected chi connectivity index (χ0v) is 19.0. The van der Waals surface area contributed by atoms with Crippen LogP contribution in [0.4, 0.5) is 5.69 Å². The van der Waals surface area contributed by atoms with Gasteiger partial charge < -0.3 is 15.1 Å². The third-order valence-corrected chi connectivity index (χ3v) is 7.04. The van der Waals surface area contributed by atoms with Gasteiger partial charge in [-0.3, -0.25) is 4.98 Å². The fourth-order valence-corrected chi connectivity index (χ4v) is 5.61. The molecular weight excluding hydrogens is 428 g/mol. The maximum atomic E-state index is 11.9. The smallest absolute Gasteiger partial charge is 0.365 e. The first-order chi connectivity index (χ1) is 13.8. The molecule has 0 aliphatic carbocycles. The van der Waals surface area contributed by atoms with Gasteiger partial charge in [-0.05, 0) is 38.4 Å². The summed E-state index contributed by atoms with van der Waals surface area (Å²) in [6.45, 7) is 1.55. The Morgan fingerprint density at radius 2 is 1.79 bits per heavy atom. The van der Waals surface area contributed by atoms with E-state index >= 15 is 0 Å². The molecule has 1 aliphatic heterocycles. The Labute approximate surface area is 180 Å². The van der Waals surface area contributed by atoms with Gasteiger partial charge in [0.25, 0.3) is 0 Å². The highest BCUT2D eigenvalue weighted by atomic mass is 32.2. The van der Waals surface area contributed by atoms with Crippen molar-refractivity contribution in [2.24, 2.45) is 8.80 Å². The largest absolute Gasteiger partial charge is 0.367 e. The lowest BCUT2D eigenvalue weighted by atomic mass is 10.3. The minimum atomic E-state index is -3.84. The second-order valence-corrected chi connectivity index (χ2v) is 10.3. The molecule has 156 valence electrons. The minimum Gasteiger partial charge on any atom is -0.365 e. The van der Waals surface area contributed by atoms with Crippen LogP contribution in [-0.4, -0.2) is 63.4 Å². The molecule has 29 heavy (non-hydrogen) atoms. The van der Waals surface area contributed by atoms with Crippen molar-refractivity contribution >= 4 is 50.7 Å². The molecule has 0 spiro atoms. The first kappa shape index (κ1) is 21.8. The minimum absolute atomic E-state index is 0.273. The molecule has 1 aliphatic rings. The molecule has 3 heterocycles. The Bertz CT molecular complexity index is 986. The van der Waals surface area contributed by atoms with Crippen LogP contribution in [0.15, 0.2) is 45.5 Å². The number of hydrogen-bond acceptors (Lipinski definition) is 8. The molecule has 8 nitrogen and oxygen atoms in total. The Morgan fingerprint density at radius 1 is 1.07 bits per heavy atom. The third-order valence-electron chi connectivity index (χ3n) is 3.96. The summed E-state index contributed by atoms with van der Waals surface area (Å²) >= 11 is 3.63. The van der Waals surface area contributed by atoms with Crippen LogP contribution >= 0.6 is 23.1 Å². The molecular formula is C18H24N6O2S3. The number of nitrogens with zero attached hydrogens (tertiary/aromatic N) is 5. The molecule has 0 saturated carbocycles. The summed E-state index contributed by atoms with van der Waals surface area (Å²) in [5, 5.41) is 3.11. The number of likely N-dealkylation sites (N-methyl/N-ethyl adjacent to an activating group) is 1. The monoisotopic (exact) mass is 452 g/mol. The SMILES string of the molecule is CN(C)Cc1ccc(CSCCNC2=NS(=O)(=O)N=C2N(C)c2ccncc2)s1. The summed E-state index contributed by atoms with van der Waals surface area (Å²) in [7, 11) is 2.04. The Morgan fingerprint density at radius 3 is 2.52 bits per heavy atom. The molecule has 0 atom stereocenters. The molecule has 0 amide bonds. The van der Waals surface area contributed by atoms with Crippen molar-refractivity contribution < 1.29 is 8.42 Å². The van der Waals surface area contributed by atoms with Crippen LogP contribution in [0.5, 0.6) is 0 Å². The molecule has 0 radical (unpaired) electrons. The lowest BCUT2D eigenvalue weighted by molar-refractivity contribution is 0.406. The lowest BCUT2D eigenvalue weighted by Gasteiger charge is -2.19. The van der Waals surface area contributed by atoms with Gasteiger partial charge in [0.05, 0.1) is 0 Å². The Hall–Kier alpha value is -1.95. The average molecular weight is 453 g/mol. The number of rotatable bonds is 8. The van der Waals surface area contributed by atoms with E-state index < -0.39 is 10.2 Å². The van der Waals surface area contributed by atoms with E-state index in [1.54, 1.807) is 48.2 Å². The van der Waals surface area contributed by atoms with Crippen molar-refractivity contribution in [2.45, 2.75) is 12.3 Å². The van der Waals surface area contributed by atoms with E-state index in [1.165, 1.54) is 9.75 Å². The van der Waals surface area contributed by atoms with E-state index in [2.05, 4.69) is 50.2 Å². The molecule has 0 aromatic carbocycles. The number of thiophene rings is 1. The maximum Gasteiger partial charge on any atom is 0.367 e. The van der Waals surface area contributed by atoms with Gasteiger partial charge in [0.15, 0.2) is 11.7 Å². The number of thioether (sulfide) groups is 1. The van der Waals surface area contributed by atoms with Crippen molar-refractivity contribution in [3.63, 3.8) is 0 Å². The molecule has 0 saturated heterocycles. The average Bonchev–Trinajstić information content (AvgIpc) is 3.24. The van der Waals surface area contributed by atoms with E-state index in [9.17, 15) is 8.42 Å². The number of aromatic nitrogens is 1. The van der Waals surface area contributed by atoms with E-state index in [4.69, 9.17) is 0 Å². The zero-order chi connectivity index (χ0) is 20.9. The number of hydrogen-bond donors (Lipinski definition) is 1. The molecule has 2 aromatic rings. The fourth-order valence-electron chi connectivity index (χ4n) is 2.66.